The van der Waals surface area contributed by atoms with Crippen LogP contribution in [0.4, 0.5) is 17.1 Å². The van der Waals surface area contributed by atoms with E-state index in [4.69, 9.17) is 7.58 Å². The van der Waals surface area contributed by atoms with Crippen LogP contribution in [0.15, 0.2) is 340 Å². The molecule has 0 saturated heterocycles. The Kier molecular flexibility index (Phi) is 15.8. The van der Waals surface area contributed by atoms with Crippen molar-refractivity contribution in [2.24, 2.45) is 0 Å². The molecule has 4 aromatic heterocycles. The summed E-state index contributed by atoms with van der Waals surface area (Å²) in [6, 6.07) is 112. The van der Waals surface area contributed by atoms with Crippen LogP contribution in [0.3, 0.4) is 0 Å². The molecule has 1 N–H and O–H groups in total. The van der Waals surface area contributed by atoms with E-state index in [-0.39, 0.29) is 5.75 Å². The van der Waals surface area contributed by atoms with E-state index in [0.29, 0.717) is 5.52 Å². The number of aromatic nitrogens is 4. The fourth-order valence-corrected chi connectivity index (χ4v) is 13.4. The van der Waals surface area contributed by atoms with Crippen molar-refractivity contribution in [3.8, 4) is 56.3 Å². The molecule has 92 heavy (non-hydrogen) atoms. The first-order valence-corrected chi connectivity index (χ1v) is 31.8. The summed E-state index contributed by atoms with van der Waals surface area (Å²) in [5, 5.41) is 19.9. The number of rotatable bonds is 11. The third kappa shape index (κ3) is 11.3. The summed E-state index contributed by atoms with van der Waals surface area (Å²) in [6.45, 7) is 0. The third-order valence-corrected chi connectivity index (χ3v) is 17.7. The zero-order chi connectivity index (χ0) is 61.6. The van der Waals surface area contributed by atoms with Crippen LogP contribution in [-0.2, 0) is 0 Å². The standard InChI is InChI=1S/C56H38N2.3C9H7NO.Al.H/c1-4-16-40(17-5-1)55-48-23-10-12-25-50(48)56(51-26-13-11-24-49(51)55)41-30-35-46(36-31-41)57(43-18-6-2-7-19-43)45-33-28-39(29-34-45)42-32-37-54-52(38-42)47-22-14-15-27-53(47)58(54)44-20-8-3-9-21-44;3*11-8-5-1-3-7-4-2-6-10-9(7)8;;/h1-38H;3*1-6,11H;;/q;;;;+2;/p-2. The average Bonchev–Trinajstić information content (AvgIpc) is 1.14. The number of hydrogen-bond acceptors (Lipinski definition) is 7. The zero-order valence-electron chi connectivity index (χ0n) is 50.0. The van der Waals surface area contributed by atoms with Gasteiger partial charge in [0, 0.05) is 68.3 Å². The maximum atomic E-state index is 9.31. The predicted octanol–water partition coefficient (Wildman–Crippen LogP) is 21.0. The van der Waals surface area contributed by atoms with Crippen molar-refractivity contribution in [1.82, 2.24) is 19.5 Å². The van der Waals surface area contributed by atoms with E-state index in [1.807, 2.05) is 78.9 Å². The number of pyridine rings is 3. The minimum absolute atomic E-state index is 0.239. The van der Waals surface area contributed by atoms with E-state index >= 15 is 0 Å². The highest BCUT2D eigenvalue weighted by Crippen LogP contribution is 2.45. The van der Waals surface area contributed by atoms with Crippen molar-refractivity contribution < 1.29 is 12.7 Å². The fraction of sp³-hybridized carbons (Fsp3) is 0. The van der Waals surface area contributed by atoms with Gasteiger partial charge in [0.2, 0.25) is 0 Å². The Morgan fingerprint density at radius 1 is 0.304 bits per heavy atom. The van der Waals surface area contributed by atoms with Gasteiger partial charge in [0.1, 0.15) is 33.8 Å². The van der Waals surface area contributed by atoms with Gasteiger partial charge < -0.3 is 22.2 Å². The van der Waals surface area contributed by atoms with Gasteiger partial charge >= 0.3 is 15.9 Å². The Morgan fingerprint density at radius 3 is 1.25 bits per heavy atom. The van der Waals surface area contributed by atoms with Gasteiger partial charge in [-0.2, -0.15) is 0 Å². The van der Waals surface area contributed by atoms with Gasteiger partial charge in [0.05, 0.1) is 11.0 Å². The molecule has 0 fully saturated rings. The molecular formula is C83H58AlN5O3. The van der Waals surface area contributed by atoms with E-state index in [9.17, 15) is 5.11 Å². The van der Waals surface area contributed by atoms with Gasteiger partial charge in [-0.25, -0.2) is 0 Å². The minimum atomic E-state index is -1.24. The number of aromatic hydroxyl groups is 1. The predicted molar refractivity (Wildman–Crippen MR) is 382 cm³/mol. The van der Waals surface area contributed by atoms with Crippen LogP contribution in [0.2, 0.25) is 0 Å². The number of para-hydroxylation sites is 6. The third-order valence-electron chi connectivity index (χ3n) is 16.8. The second-order valence-electron chi connectivity index (χ2n) is 22.3. The first-order chi connectivity index (χ1) is 45.6. The minimum Gasteiger partial charge on any atom is -0.613 e. The fourth-order valence-electron chi connectivity index (χ4n) is 12.6. The van der Waals surface area contributed by atoms with E-state index in [1.165, 1.54) is 82.4 Å². The maximum Gasteiger partial charge on any atom is 0.832 e. The van der Waals surface area contributed by atoms with E-state index in [2.05, 4.69) is 255 Å². The van der Waals surface area contributed by atoms with Crippen molar-refractivity contribution in [1.29, 1.82) is 0 Å². The molecule has 0 atom stereocenters. The monoisotopic (exact) mass is 1200 g/mol. The molecule has 8 nitrogen and oxygen atoms in total. The summed E-state index contributed by atoms with van der Waals surface area (Å²) in [4.78, 5) is 15.1. The Labute approximate surface area is 539 Å². The molecule has 0 bridgehead atoms. The van der Waals surface area contributed by atoms with E-state index in [0.717, 1.165) is 55.8 Å². The Hall–Kier alpha value is -11.9. The largest absolute Gasteiger partial charge is 0.832 e. The highest BCUT2D eigenvalue weighted by molar-refractivity contribution is 6.22. The summed E-state index contributed by atoms with van der Waals surface area (Å²) in [5.74, 6) is 1.77. The molecule has 0 aliphatic rings. The molecule has 17 rings (SSSR count). The summed E-state index contributed by atoms with van der Waals surface area (Å²) in [6.07, 6.45) is 5.21. The van der Waals surface area contributed by atoms with Crippen LogP contribution < -0.4 is 12.5 Å². The lowest BCUT2D eigenvalue weighted by molar-refractivity contribution is 0.463. The molecule has 0 aliphatic carbocycles. The van der Waals surface area contributed by atoms with Gasteiger partial charge in [-0.1, -0.05) is 218 Å². The SMILES string of the molecule is Oc1cccc2cccnc12.c1ccc(-c2c3ccccc3c(-c3ccc(N(c4ccccc4)c4ccc(-c5ccc6c(c5)c5ccccc5n6-c5ccccc5)cc4)cc3)c3ccccc23)cc1.c1cnc2c([O][AlH][O]c3cccc4cccnc34)cccc2c1. The summed E-state index contributed by atoms with van der Waals surface area (Å²) in [5.41, 5.74) is 16.7. The van der Waals surface area contributed by atoms with Crippen LogP contribution in [0.1, 0.15) is 0 Å². The van der Waals surface area contributed by atoms with Gasteiger partial charge in [-0.05, 0) is 158 Å². The molecule has 17 aromatic rings. The molecule has 0 saturated carbocycles. The van der Waals surface area contributed by atoms with Crippen molar-refractivity contribution in [3.05, 3.63) is 340 Å². The van der Waals surface area contributed by atoms with Gasteiger partial charge in [0.25, 0.3) is 0 Å². The second-order valence-corrected chi connectivity index (χ2v) is 23.1. The van der Waals surface area contributed by atoms with Gasteiger partial charge in [-0.15, -0.1) is 0 Å². The molecule has 9 heteroatoms. The highest BCUT2D eigenvalue weighted by Gasteiger charge is 2.20. The molecule has 436 valence electrons. The normalized spacial score (nSPS) is 11.1. The summed E-state index contributed by atoms with van der Waals surface area (Å²) in [7, 11) is 0. The van der Waals surface area contributed by atoms with Crippen LogP contribution in [0.25, 0.3) is 115 Å². The molecule has 13 aromatic carbocycles. The van der Waals surface area contributed by atoms with Crippen molar-refractivity contribution in [2.75, 3.05) is 4.90 Å². The first kappa shape index (κ1) is 56.6. The van der Waals surface area contributed by atoms with E-state index in [1.54, 1.807) is 30.7 Å². The topological polar surface area (TPSA) is 85.5 Å². The smallest absolute Gasteiger partial charge is 0.613 e. The second kappa shape index (κ2) is 25.7. The first-order valence-electron chi connectivity index (χ1n) is 30.7. The number of benzene rings is 13. The zero-order valence-corrected chi connectivity index (χ0v) is 51.5. The molecule has 0 unspecified atom stereocenters. The molecule has 4 heterocycles. The maximum absolute atomic E-state index is 9.31. The van der Waals surface area contributed by atoms with Crippen molar-refractivity contribution in [2.45, 2.75) is 0 Å². The Bertz CT molecular complexity index is 5310. The van der Waals surface area contributed by atoms with Crippen molar-refractivity contribution in [3.63, 3.8) is 0 Å². The molecule has 0 radical (unpaired) electrons. The lowest BCUT2D eigenvalue weighted by atomic mass is 9.86. The van der Waals surface area contributed by atoms with E-state index < -0.39 is 15.9 Å². The highest BCUT2D eigenvalue weighted by atomic mass is 27.2. The molecule has 0 aliphatic heterocycles. The Morgan fingerprint density at radius 2 is 0.707 bits per heavy atom. The van der Waals surface area contributed by atoms with Crippen LogP contribution in [-0.4, -0.2) is 40.5 Å². The number of phenols is 1. The number of anilines is 3. The Balaban J connectivity index is 0.000000167. The average molecular weight is 1200 g/mol. The quantitative estimate of drug-likeness (QED) is 0.102. The van der Waals surface area contributed by atoms with Gasteiger partial charge in [-0.3, -0.25) is 15.0 Å². The number of fused-ring (bicyclic) bond motifs is 8. The van der Waals surface area contributed by atoms with Gasteiger partial charge in [0.15, 0.2) is 0 Å². The van der Waals surface area contributed by atoms with Crippen LogP contribution in [0.5, 0.6) is 17.2 Å². The summed E-state index contributed by atoms with van der Waals surface area (Å²) < 4.78 is 14.2. The van der Waals surface area contributed by atoms with Crippen LogP contribution in [0, 0.1) is 0 Å². The number of hydrogen-bond donors (Lipinski definition) is 1. The molecular weight excluding hydrogens is 1140 g/mol. The lowest BCUT2D eigenvalue weighted by Gasteiger charge is -2.26. The molecule has 0 amide bonds. The molecule has 0 spiro atoms. The number of nitrogens with zero attached hydrogens (tertiary/aromatic N) is 5. The number of phenolic OH excluding ortho intramolecular Hbond substituents is 1. The van der Waals surface area contributed by atoms with Crippen molar-refractivity contribution >= 4 is 109 Å². The summed E-state index contributed by atoms with van der Waals surface area (Å²) >= 11 is -1.24. The van der Waals surface area contributed by atoms with Crippen LogP contribution >= 0.6 is 0 Å². The lowest BCUT2D eigenvalue weighted by Crippen LogP contribution is -2.11.